The third-order valence-electron chi connectivity index (χ3n) is 2.63. The number of aliphatic hydroxyl groups excluding tert-OH is 1. The standard InChI is InChI=1S/C9H13N5O3/c1-4(15)7(16)5-2-11-8-6(13-5)9(17)12-3-14(8)10/h3,5,7,11,13,16H,2,10H2,1H3. The van der Waals surface area contributed by atoms with Gasteiger partial charge >= 0.3 is 0 Å². The smallest absolute Gasteiger partial charge is 0.298 e. The van der Waals surface area contributed by atoms with E-state index >= 15 is 0 Å². The number of nitrogen functional groups attached to an aromatic ring is 1. The van der Waals surface area contributed by atoms with Crippen molar-refractivity contribution in [2.75, 3.05) is 23.0 Å². The molecule has 0 aliphatic carbocycles. The molecule has 92 valence electrons. The molecule has 1 aromatic rings. The molecule has 0 bridgehead atoms. The summed E-state index contributed by atoms with van der Waals surface area (Å²) in [4.78, 5) is 26.1. The molecule has 8 heteroatoms. The van der Waals surface area contributed by atoms with Crippen LogP contribution in [0.25, 0.3) is 0 Å². The average molecular weight is 239 g/mol. The minimum Gasteiger partial charge on any atom is -0.383 e. The Hall–Kier alpha value is -2.09. The number of rotatable bonds is 2. The van der Waals surface area contributed by atoms with E-state index in [0.717, 1.165) is 0 Å². The van der Waals surface area contributed by atoms with Crippen molar-refractivity contribution in [3.63, 3.8) is 0 Å². The summed E-state index contributed by atoms with van der Waals surface area (Å²) in [6.07, 6.45) is 0.0129. The molecule has 1 aromatic heterocycles. The molecule has 1 aliphatic heterocycles. The van der Waals surface area contributed by atoms with Crippen LogP contribution < -0.4 is 22.0 Å². The largest absolute Gasteiger partial charge is 0.383 e. The summed E-state index contributed by atoms with van der Waals surface area (Å²) in [6, 6.07) is -0.572. The number of anilines is 2. The number of carbonyl (C=O) groups excluding carboxylic acids is 1. The van der Waals surface area contributed by atoms with Gasteiger partial charge in [0.2, 0.25) is 0 Å². The monoisotopic (exact) mass is 239 g/mol. The van der Waals surface area contributed by atoms with Gasteiger partial charge in [0.1, 0.15) is 18.1 Å². The number of ketones is 1. The molecule has 2 rings (SSSR count). The van der Waals surface area contributed by atoms with Crippen molar-refractivity contribution in [2.45, 2.75) is 19.1 Å². The van der Waals surface area contributed by atoms with Gasteiger partial charge in [0, 0.05) is 6.54 Å². The van der Waals surface area contributed by atoms with Crippen molar-refractivity contribution in [2.24, 2.45) is 0 Å². The van der Waals surface area contributed by atoms with Crippen molar-refractivity contribution in [3.8, 4) is 0 Å². The van der Waals surface area contributed by atoms with Crippen LogP contribution >= 0.6 is 0 Å². The molecular formula is C9H13N5O3. The maximum absolute atomic E-state index is 11.5. The van der Waals surface area contributed by atoms with Crippen LogP contribution in [0.1, 0.15) is 6.92 Å². The third kappa shape index (κ3) is 1.94. The molecule has 2 unspecified atom stereocenters. The number of nitrogens with one attached hydrogen (secondary N) is 2. The maximum atomic E-state index is 11.5. The van der Waals surface area contributed by atoms with E-state index in [2.05, 4.69) is 15.6 Å². The van der Waals surface area contributed by atoms with E-state index in [9.17, 15) is 14.7 Å². The van der Waals surface area contributed by atoms with Gasteiger partial charge in [-0.15, -0.1) is 0 Å². The number of aromatic nitrogens is 2. The van der Waals surface area contributed by atoms with Gasteiger partial charge in [-0.3, -0.25) is 9.59 Å². The Labute approximate surface area is 96.4 Å². The number of carbonyl (C=O) groups is 1. The summed E-state index contributed by atoms with van der Waals surface area (Å²) in [6.45, 7) is 1.57. The van der Waals surface area contributed by atoms with Crippen molar-refractivity contribution in [1.82, 2.24) is 9.66 Å². The summed E-state index contributed by atoms with van der Waals surface area (Å²) in [5.41, 5.74) is -0.332. The highest BCUT2D eigenvalue weighted by atomic mass is 16.3. The maximum Gasteiger partial charge on any atom is 0.298 e. The fourth-order valence-electron chi connectivity index (χ4n) is 1.69. The van der Waals surface area contributed by atoms with E-state index in [1.54, 1.807) is 0 Å². The van der Waals surface area contributed by atoms with E-state index in [1.165, 1.54) is 17.9 Å². The van der Waals surface area contributed by atoms with Gasteiger partial charge < -0.3 is 21.6 Å². The highest BCUT2D eigenvalue weighted by Gasteiger charge is 2.29. The molecule has 2 atom stereocenters. The van der Waals surface area contributed by atoms with Crippen molar-refractivity contribution >= 4 is 17.3 Å². The first kappa shape index (κ1) is 11.4. The highest BCUT2D eigenvalue weighted by molar-refractivity contribution is 5.82. The van der Waals surface area contributed by atoms with Gasteiger partial charge in [-0.05, 0) is 6.92 Å². The SMILES string of the molecule is CC(=O)C(O)C1CNc2c(c(=O)ncn2N)N1. The van der Waals surface area contributed by atoms with Crippen molar-refractivity contribution in [1.29, 1.82) is 0 Å². The molecule has 0 spiro atoms. The summed E-state index contributed by atoms with van der Waals surface area (Å²) in [5.74, 6) is 5.59. The number of nitrogens with two attached hydrogens (primary N) is 1. The van der Waals surface area contributed by atoms with Crippen LogP contribution in [-0.4, -0.2) is 39.2 Å². The lowest BCUT2D eigenvalue weighted by molar-refractivity contribution is -0.125. The predicted octanol–water partition coefficient (Wildman–Crippen LogP) is -1.89. The first-order valence-electron chi connectivity index (χ1n) is 5.06. The van der Waals surface area contributed by atoms with Gasteiger partial charge in [-0.1, -0.05) is 0 Å². The molecule has 8 nitrogen and oxygen atoms in total. The molecular weight excluding hydrogens is 226 g/mol. The number of hydrogen-bond acceptors (Lipinski definition) is 7. The first-order valence-corrected chi connectivity index (χ1v) is 5.06. The third-order valence-corrected chi connectivity index (χ3v) is 2.63. The average Bonchev–Trinajstić information content (AvgIpc) is 2.32. The van der Waals surface area contributed by atoms with Crippen LogP contribution in [0, 0.1) is 0 Å². The van der Waals surface area contributed by atoms with Crippen LogP contribution in [0.2, 0.25) is 0 Å². The Bertz CT molecular complexity index is 512. The zero-order chi connectivity index (χ0) is 12.6. The molecule has 0 aromatic carbocycles. The Balaban J connectivity index is 2.33. The summed E-state index contributed by atoms with van der Waals surface area (Å²) in [5, 5.41) is 15.3. The van der Waals surface area contributed by atoms with Gasteiger partial charge in [-0.2, -0.15) is 4.98 Å². The van der Waals surface area contributed by atoms with Crippen molar-refractivity contribution < 1.29 is 9.90 Å². The number of Topliss-reactive ketones (excluding diaryl/α,β-unsaturated/α-hetero) is 1. The lowest BCUT2D eigenvalue weighted by Crippen LogP contribution is -2.48. The van der Waals surface area contributed by atoms with Crippen LogP contribution in [0.4, 0.5) is 11.5 Å². The Morgan fingerprint density at radius 2 is 2.47 bits per heavy atom. The Kier molecular flexibility index (Phi) is 2.72. The molecule has 0 saturated heterocycles. The molecule has 5 N–H and O–H groups in total. The van der Waals surface area contributed by atoms with Gasteiger partial charge in [0.05, 0.1) is 6.04 Å². The molecule has 0 radical (unpaired) electrons. The number of aliphatic hydroxyl groups is 1. The van der Waals surface area contributed by atoms with Crippen LogP contribution in [0.3, 0.4) is 0 Å². The summed E-state index contributed by atoms with van der Waals surface area (Å²) >= 11 is 0. The number of nitrogens with zero attached hydrogens (tertiary/aromatic N) is 2. The van der Waals surface area contributed by atoms with E-state index in [1.807, 2.05) is 0 Å². The van der Waals surface area contributed by atoms with Crippen LogP contribution in [0.5, 0.6) is 0 Å². The summed E-state index contributed by atoms with van der Waals surface area (Å²) in [7, 11) is 0. The van der Waals surface area contributed by atoms with Gasteiger partial charge in [-0.25, -0.2) is 4.68 Å². The molecule has 17 heavy (non-hydrogen) atoms. The van der Waals surface area contributed by atoms with Gasteiger partial charge in [0.15, 0.2) is 11.6 Å². The molecule has 2 heterocycles. The first-order chi connectivity index (χ1) is 8.00. The van der Waals surface area contributed by atoms with Crippen LogP contribution in [-0.2, 0) is 4.79 Å². The van der Waals surface area contributed by atoms with E-state index < -0.39 is 17.7 Å². The normalized spacial score (nSPS) is 19.8. The quantitative estimate of drug-likeness (QED) is 0.445. The van der Waals surface area contributed by atoms with Crippen LogP contribution in [0.15, 0.2) is 11.1 Å². The molecule has 1 aliphatic rings. The summed E-state index contributed by atoms with van der Waals surface area (Å²) < 4.78 is 1.17. The second-order valence-electron chi connectivity index (χ2n) is 3.87. The zero-order valence-electron chi connectivity index (χ0n) is 9.17. The van der Waals surface area contributed by atoms with E-state index in [0.29, 0.717) is 5.82 Å². The minimum atomic E-state index is -1.18. The molecule has 0 amide bonds. The lowest BCUT2D eigenvalue weighted by atomic mass is 10.1. The second kappa shape index (κ2) is 4.06. The van der Waals surface area contributed by atoms with E-state index in [4.69, 9.17) is 5.84 Å². The molecule has 0 saturated carbocycles. The Morgan fingerprint density at radius 3 is 3.12 bits per heavy atom. The zero-order valence-corrected chi connectivity index (χ0v) is 9.17. The fraction of sp³-hybridized carbons (Fsp3) is 0.444. The highest BCUT2D eigenvalue weighted by Crippen LogP contribution is 2.20. The minimum absolute atomic E-state index is 0.159. The second-order valence-corrected chi connectivity index (χ2v) is 3.87. The molecule has 0 fully saturated rings. The predicted molar refractivity (Wildman–Crippen MR) is 61.2 cm³/mol. The van der Waals surface area contributed by atoms with Crippen molar-refractivity contribution in [3.05, 3.63) is 16.7 Å². The van der Waals surface area contributed by atoms with E-state index in [-0.39, 0.29) is 18.0 Å². The topological polar surface area (TPSA) is 122 Å². The fourth-order valence-corrected chi connectivity index (χ4v) is 1.69. The Morgan fingerprint density at radius 1 is 1.76 bits per heavy atom. The lowest BCUT2D eigenvalue weighted by Gasteiger charge is -2.30. The number of hydrogen-bond donors (Lipinski definition) is 4. The number of fused-ring (bicyclic) bond motifs is 1. The van der Waals surface area contributed by atoms with Gasteiger partial charge in [0.25, 0.3) is 5.56 Å².